The topological polar surface area (TPSA) is 83.1 Å². The summed E-state index contributed by atoms with van der Waals surface area (Å²) >= 11 is 6.44. The minimum Gasteiger partial charge on any atom is -0.352 e. The average molecular weight is 425 g/mol. The fourth-order valence-corrected chi connectivity index (χ4v) is 3.49. The van der Waals surface area contributed by atoms with Crippen molar-refractivity contribution in [2.45, 2.75) is 45.9 Å². The summed E-state index contributed by atoms with van der Waals surface area (Å²) in [6.07, 6.45) is 3.29. The van der Waals surface area contributed by atoms with Crippen LogP contribution in [0.3, 0.4) is 0 Å². The highest BCUT2D eigenvalue weighted by Gasteiger charge is 2.29. The van der Waals surface area contributed by atoms with E-state index in [0.29, 0.717) is 18.0 Å². The van der Waals surface area contributed by atoms with Crippen LogP contribution in [0.15, 0.2) is 36.7 Å². The molecule has 2 unspecified atom stereocenters. The molecule has 1 aliphatic rings. The van der Waals surface area contributed by atoms with Crippen molar-refractivity contribution in [3.05, 3.63) is 63.9 Å². The van der Waals surface area contributed by atoms with E-state index in [1.165, 1.54) is 0 Å². The Balaban J connectivity index is 1.81. The number of aromatic nitrogens is 1. The Morgan fingerprint density at radius 2 is 2.13 bits per heavy atom. The van der Waals surface area contributed by atoms with Gasteiger partial charge in [0, 0.05) is 53.5 Å². The second-order valence-corrected chi connectivity index (χ2v) is 7.94. The first-order valence-corrected chi connectivity index (χ1v) is 10.2. The highest BCUT2D eigenvalue weighted by atomic mass is 35.5. The van der Waals surface area contributed by atoms with Gasteiger partial charge < -0.3 is 10.6 Å². The van der Waals surface area contributed by atoms with E-state index in [9.17, 15) is 9.59 Å². The molecule has 0 spiro atoms. The summed E-state index contributed by atoms with van der Waals surface area (Å²) < 4.78 is 0. The number of rotatable bonds is 5. The van der Waals surface area contributed by atoms with Crippen LogP contribution in [0.25, 0.3) is 0 Å². The van der Waals surface area contributed by atoms with Gasteiger partial charge in [-0.3, -0.25) is 19.9 Å². The van der Waals surface area contributed by atoms with Gasteiger partial charge in [-0.15, -0.1) is 5.92 Å². The summed E-state index contributed by atoms with van der Waals surface area (Å²) in [7, 11) is 0. The molecule has 0 saturated carbocycles. The molecule has 156 valence electrons. The number of nitrogens with one attached hydrogen (secondary N) is 3. The Morgan fingerprint density at radius 3 is 2.87 bits per heavy atom. The third-order valence-electron chi connectivity index (χ3n) is 4.86. The van der Waals surface area contributed by atoms with E-state index in [1.807, 2.05) is 32.0 Å². The summed E-state index contributed by atoms with van der Waals surface area (Å²) in [5.41, 5.74) is 3.36. The van der Waals surface area contributed by atoms with Gasteiger partial charge in [-0.05, 0) is 36.2 Å². The quantitative estimate of drug-likeness (QED) is 0.643. The van der Waals surface area contributed by atoms with E-state index in [-0.39, 0.29) is 23.8 Å². The van der Waals surface area contributed by atoms with Gasteiger partial charge in [0.2, 0.25) is 11.8 Å². The monoisotopic (exact) mass is 424 g/mol. The zero-order valence-electron chi connectivity index (χ0n) is 17.3. The zero-order valence-corrected chi connectivity index (χ0v) is 18.0. The van der Waals surface area contributed by atoms with Gasteiger partial charge >= 0.3 is 0 Å². The Kier molecular flexibility index (Phi) is 7.09. The lowest BCUT2D eigenvalue weighted by Gasteiger charge is -2.32. The van der Waals surface area contributed by atoms with Crippen molar-refractivity contribution >= 4 is 23.4 Å². The predicted octanol–water partition coefficient (Wildman–Crippen LogP) is 3.23. The summed E-state index contributed by atoms with van der Waals surface area (Å²) in [5, 5.41) is 9.83. The fraction of sp³-hybridized carbons (Fsp3) is 0.348. The van der Waals surface area contributed by atoms with Crippen LogP contribution >= 0.6 is 11.6 Å². The van der Waals surface area contributed by atoms with Crippen LogP contribution in [-0.2, 0) is 16.1 Å². The molecule has 30 heavy (non-hydrogen) atoms. The van der Waals surface area contributed by atoms with Crippen LogP contribution in [0, 0.1) is 17.8 Å². The van der Waals surface area contributed by atoms with Gasteiger partial charge in [0.1, 0.15) is 6.17 Å². The van der Waals surface area contributed by atoms with E-state index in [1.54, 1.807) is 25.4 Å². The van der Waals surface area contributed by atoms with Crippen molar-refractivity contribution < 1.29 is 9.59 Å². The van der Waals surface area contributed by atoms with Gasteiger partial charge in [-0.1, -0.05) is 37.4 Å². The van der Waals surface area contributed by atoms with Gasteiger partial charge in [0.15, 0.2) is 0 Å². The molecule has 0 radical (unpaired) electrons. The molecule has 2 atom stereocenters. The number of halogens is 1. The van der Waals surface area contributed by atoms with E-state index in [4.69, 9.17) is 11.6 Å². The maximum absolute atomic E-state index is 12.4. The number of carbonyl (C=O) groups excluding carboxylic acids is 2. The van der Waals surface area contributed by atoms with Crippen LogP contribution in [0.4, 0.5) is 0 Å². The summed E-state index contributed by atoms with van der Waals surface area (Å²) in [6.45, 7) is 5.86. The van der Waals surface area contributed by atoms with Crippen LogP contribution in [0.2, 0.25) is 5.02 Å². The van der Waals surface area contributed by atoms with Crippen LogP contribution < -0.4 is 16.0 Å². The molecule has 6 nitrogen and oxygen atoms in total. The van der Waals surface area contributed by atoms with Crippen molar-refractivity contribution in [3.63, 3.8) is 0 Å². The number of pyridine rings is 1. The van der Waals surface area contributed by atoms with Gasteiger partial charge in [0.05, 0.1) is 0 Å². The number of carbonyl (C=O) groups is 2. The molecule has 1 saturated heterocycles. The second kappa shape index (κ2) is 9.75. The minimum absolute atomic E-state index is 0.0155. The third kappa shape index (κ3) is 5.38. The Bertz CT molecular complexity index is 1010. The highest BCUT2D eigenvalue weighted by molar-refractivity contribution is 6.31. The molecule has 2 amide bonds. The lowest BCUT2D eigenvalue weighted by Crippen LogP contribution is -2.46. The first-order chi connectivity index (χ1) is 14.4. The summed E-state index contributed by atoms with van der Waals surface area (Å²) in [6, 6.07) is 7.28. The molecule has 1 aromatic carbocycles. The number of hydrogen-bond acceptors (Lipinski definition) is 4. The molecule has 1 aliphatic heterocycles. The molecular weight excluding hydrogens is 400 g/mol. The molecule has 0 bridgehead atoms. The van der Waals surface area contributed by atoms with Crippen LogP contribution in [0.5, 0.6) is 0 Å². The molecule has 2 aromatic rings. The normalized spacial score (nSPS) is 18.4. The molecule has 7 heteroatoms. The smallest absolute Gasteiger partial charge is 0.223 e. The van der Waals surface area contributed by atoms with Crippen LogP contribution in [-0.4, -0.2) is 16.8 Å². The molecule has 3 N–H and O–H groups in total. The van der Waals surface area contributed by atoms with Crippen molar-refractivity contribution in [3.8, 4) is 11.8 Å². The molecule has 3 rings (SSSR count). The number of hydrogen-bond donors (Lipinski definition) is 3. The highest BCUT2D eigenvalue weighted by Crippen LogP contribution is 2.29. The fourth-order valence-electron chi connectivity index (χ4n) is 3.27. The minimum atomic E-state index is -0.453. The molecule has 1 aromatic heterocycles. The summed E-state index contributed by atoms with van der Waals surface area (Å²) in [5.74, 6) is 5.67. The van der Waals surface area contributed by atoms with Gasteiger partial charge in [-0.25, -0.2) is 0 Å². The first kappa shape index (κ1) is 21.8. The van der Waals surface area contributed by atoms with Crippen molar-refractivity contribution in [2.75, 3.05) is 0 Å². The maximum Gasteiger partial charge on any atom is 0.223 e. The largest absolute Gasteiger partial charge is 0.352 e. The molecule has 2 heterocycles. The number of benzene rings is 1. The van der Waals surface area contributed by atoms with Crippen LogP contribution in [0.1, 0.15) is 61.7 Å². The number of amides is 2. The molecule has 0 aliphatic carbocycles. The Morgan fingerprint density at radius 1 is 1.33 bits per heavy atom. The van der Waals surface area contributed by atoms with Crippen molar-refractivity contribution in [1.29, 1.82) is 0 Å². The zero-order chi connectivity index (χ0) is 21.7. The molecule has 1 fully saturated rings. The van der Waals surface area contributed by atoms with E-state index < -0.39 is 6.17 Å². The Hall–Kier alpha value is -2.88. The molecular formula is C23H25ClN4O2. The van der Waals surface area contributed by atoms with E-state index in [0.717, 1.165) is 22.3 Å². The van der Waals surface area contributed by atoms with Crippen molar-refractivity contribution in [1.82, 2.24) is 20.9 Å². The lowest BCUT2D eigenvalue weighted by atomic mass is 9.98. The number of nitrogens with zero attached hydrogens (tertiary/aromatic N) is 1. The standard InChI is InChI=1S/C23H25ClN4O2/c1-4-5-15-8-17(13-25-11-15)20-10-21(29)28-22(27-20)18-9-16(6-7-19(18)24)12-26-23(30)14(2)3/h6-9,11,13-14,20,22,27H,10,12H2,1-3H3,(H,26,30)(H,28,29). The van der Waals surface area contributed by atoms with E-state index >= 15 is 0 Å². The van der Waals surface area contributed by atoms with E-state index in [2.05, 4.69) is 32.8 Å². The average Bonchev–Trinajstić information content (AvgIpc) is 2.72. The van der Waals surface area contributed by atoms with Gasteiger partial charge in [0.25, 0.3) is 0 Å². The van der Waals surface area contributed by atoms with Crippen molar-refractivity contribution in [2.24, 2.45) is 5.92 Å². The predicted molar refractivity (Wildman–Crippen MR) is 116 cm³/mol. The summed E-state index contributed by atoms with van der Waals surface area (Å²) in [4.78, 5) is 28.5. The lowest BCUT2D eigenvalue weighted by molar-refractivity contribution is -0.125. The Labute approximate surface area is 181 Å². The SMILES string of the molecule is CC#Cc1cncc(C2CC(=O)NC(c3cc(CNC(=O)C(C)C)ccc3Cl)N2)c1. The van der Waals surface area contributed by atoms with Gasteiger partial charge in [-0.2, -0.15) is 0 Å². The second-order valence-electron chi connectivity index (χ2n) is 7.53. The third-order valence-corrected chi connectivity index (χ3v) is 5.20. The maximum atomic E-state index is 12.4. The first-order valence-electron chi connectivity index (χ1n) is 9.86.